The van der Waals surface area contributed by atoms with Crippen molar-refractivity contribution in [1.82, 2.24) is 0 Å². The first-order chi connectivity index (χ1) is 24.4. The topological polar surface area (TPSA) is 89.9 Å². The maximum absolute atomic E-state index is 13.9. The number of allylic oxidation sites excluding steroid dienone is 4. The summed E-state index contributed by atoms with van der Waals surface area (Å²) in [5.74, 6) is -0.806. The Balaban J connectivity index is 4.84. The molecule has 0 aromatic heterocycles. The van der Waals surface area contributed by atoms with Crippen molar-refractivity contribution in [3.8, 4) is 0 Å². The predicted octanol–water partition coefficient (Wildman–Crippen LogP) is 12.8. The van der Waals surface area contributed by atoms with Crippen LogP contribution < -0.4 is 0 Å². The summed E-state index contributed by atoms with van der Waals surface area (Å²) >= 11 is 0. The number of carbonyl (C=O) groups is 2. The predicted molar refractivity (Wildman–Crippen MR) is 217 cm³/mol. The van der Waals surface area contributed by atoms with Crippen molar-refractivity contribution in [2.75, 3.05) is 34.3 Å². The second kappa shape index (κ2) is 32.3. The third kappa shape index (κ3) is 29.0. The van der Waals surface area contributed by atoms with Crippen LogP contribution in [0.1, 0.15) is 201 Å². The molecular weight excluding hydrogens is 657 g/mol. The molecule has 0 rings (SSSR count). The van der Waals surface area contributed by atoms with Gasteiger partial charge in [0.1, 0.15) is 6.54 Å². The maximum Gasteiger partial charge on any atom is 0.473 e. The number of unbranched alkanes of at least 4 members (excludes halogenated alkanes) is 22. The zero-order chi connectivity index (χ0) is 38.1. The molecule has 0 saturated heterocycles. The van der Waals surface area contributed by atoms with Crippen molar-refractivity contribution >= 4 is 19.4 Å². The van der Waals surface area contributed by atoms with Crippen molar-refractivity contribution in [3.63, 3.8) is 0 Å². The third-order valence-electron chi connectivity index (χ3n) is 9.49. The van der Waals surface area contributed by atoms with E-state index >= 15 is 0 Å². The molecule has 300 valence electrons. The molecule has 8 heteroatoms. The first-order valence-electron chi connectivity index (χ1n) is 21.3. The number of rotatable bonds is 38. The van der Waals surface area contributed by atoms with E-state index in [-0.39, 0.29) is 30.5 Å². The molecule has 0 bridgehead atoms. The minimum absolute atomic E-state index is 0.0154. The minimum atomic E-state index is -4.62. The van der Waals surface area contributed by atoms with E-state index in [2.05, 4.69) is 38.2 Å². The molecule has 0 aliphatic carbocycles. The van der Waals surface area contributed by atoms with Crippen LogP contribution in [0.25, 0.3) is 0 Å². The number of quaternary nitrogens is 1. The molecule has 0 radical (unpaired) electrons. The standard InChI is InChI=1S/C43H82NO6P/c1-7-10-12-14-16-18-20-22-24-26-28-30-32-34-36-38-41(45)43(40-44(4,5)6,50-51(47,48)49-9-3)42(46)39-37-35-33-31-29-27-25-23-21-19-17-15-13-11-8-2/h22-25H,7-21,26-40H2,1-6H3/p+1. The van der Waals surface area contributed by atoms with Crippen molar-refractivity contribution in [3.05, 3.63) is 24.3 Å². The van der Waals surface area contributed by atoms with Gasteiger partial charge >= 0.3 is 7.82 Å². The van der Waals surface area contributed by atoms with Gasteiger partial charge < -0.3 is 9.38 Å². The van der Waals surface area contributed by atoms with E-state index in [9.17, 15) is 19.0 Å². The average molecular weight is 741 g/mol. The van der Waals surface area contributed by atoms with Crippen LogP contribution in [-0.2, 0) is 23.2 Å². The van der Waals surface area contributed by atoms with Crippen LogP contribution in [0, 0.1) is 0 Å². The van der Waals surface area contributed by atoms with Crippen LogP contribution in [-0.4, -0.2) is 60.8 Å². The van der Waals surface area contributed by atoms with Gasteiger partial charge in [-0.05, 0) is 71.1 Å². The number of likely N-dealkylation sites (N-methyl/N-ethyl adjacent to an activating group) is 1. The molecule has 0 aromatic carbocycles. The molecule has 0 amide bonds. The molecule has 1 unspecified atom stereocenters. The molecule has 0 heterocycles. The number of Topliss-reactive ketones (excluding diaryl/α,β-unsaturated/α-hetero) is 2. The first-order valence-corrected chi connectivity index (χ1v) is 22.8. The Morgan fingerprint density at radius 2 is 0.863 bits per heavy atom. The van der Waals surface area contributed by atoms with Gasteiger partial charge in [0, 0.05) is 12.8 Å². The monoisotopic (exact) mass is 741 g/mol. The fourth-order valence-corrected chi connectivity index (χ4v) is 7.67. The first kappa shape index (κ1) is 49.9. The van der Waals surface area contributed by atoms with Crippen LogP contribution >= 0.6 is 7.82 Å². The highest BCUT2D eigenvalue weighted by atomic mass is 31.2. The number of hydrogen-bond donors (Lipinski definition) is 1. The fraction of sp³-hybridized carbons (Fsp3) is 0.860. The van der Waals surface area contributed by atoms with Gasteiger partial charge in [0.15, 0.2) is 11.6 Å². The van der Waals surface area contributed by atoms with Gasteiger partial charge in [-0.15, -0.1) is 0 Å². The van der Waals surface area contributed by atoms with E-state index in [0.29, 0.717) is 12.8 Å². The largest absolute Gasteiger partial charge is 0.473 e. The lowest BCUT2D eigenvalue weighted by atomic mass is 9.86. The Kier molecular flexibility index (Phi) is 31.6. The molecule has 0 fully saturated rings. The van der Waals surface area contributed by atoms with Gasteiger partial charge in [-0.25, -0.2) is 4.57 Å². The van der Waals surface area contributed by atoms with Crippen molar-refractivity contribution in [2.24, 2.45) is 0 Å². The van der Waals surface area contributed by atoms with Crippen LogP contribution in [0.4, 0.5) is 0 Å². The van der Waals surface area contributed by atoms with Crippen LogP contribution in [0.15, 0.2) is 24.3 Å². The summed E-state index contributed by atoms with van der Waals surface area (Å²) < 4.78 is 23.9. The van der Waals surface area contributed by atoms with Gasteiger partial charge in [0.05, 0.1) is 27.7 Å². The maximum atomic E-state index is 13.9. The number of hydrogen-bond acceptors (Lipinski definition) is 5. The molecule has 0 aliphatic rings. The zero-order valence-electron chi connectivity index (χ0n) is 34.4. The van der Waals surface area contributed by atoms with Crippen molar-refractivity contribution in [2.45, 2.75) is 206 Å². The van der Waals surface area contributed by atoms with Gasteiger partial charge in [0.25, 0.3) is 0 Å². The van der Waals surface area contributed by atoms with Crippen molar-refractivity contribution < 1.29 is 32.6 Å². The Morgan fingerprint density at radius 1 is 0.549 bits per heavy atom. The van der Waals surface area contributed by atoms with Gasteiger partial charge in [-0.2, -0.15) is 0 Å². The van der Waals surface area contributed by atoms with E-state index in [1.165, 1.54) is 89.9 Å². The highest BCUT2D eigenvalue weighted by Crippen LogP contribution is 2.49. The molecule has 0 spiro atoms. The van der Waals surface area contributed by atoms with Crippen LogP contribution in [0.3, 0.4) is 0 Å². The lowest BCUT2D eigenvalue weighted by Crippen LogP contribution is -2.59. The van der Waals surface area contributed by atoms with Gasteiger partial charge in [-0.1, -0.05) is 141 Å². The molecule has 1 N–H and O–H groups in total. The van der Waals surface area contributed by atoms with Crippen LogP contribution in [0.5, 0.6) is 0 Å². The van der Waals surface area contributed by atoms with E-state index < -0.39 is 25.0 Å². The molecule has 7 nitrogen and oxygen atoms in total. The van der Waals surface area contributed by atoms with Crippen molar-refractivity contribution in [1.29, 1.82) is 0 Å². The highest BCUT2D eigenvalue weighted by molar-refractivity contribution is 7.47. The Labute approximate surface area is 316 Å². The second-order valence-electron chi connectivity index (χ2n) is 15.8. The number of phosphoric ester groups is 1. The second-order valence-corrected chi connectivity index (χ2v) is 17.1. The Hall–Kier alpha value is -1.11. The highest BCUT2D eigenvalue weighted by Gasteiger charge is 2.54. The summed E-state index contributed by atoms with van der Waals surface area (Å²) in [6.45, 7) is 6.02. The summed E-state index contributed by atoms with van der Waals surface area (Å²) in [6.07, 6.45) is 39.5. The molecule has 0 aliphatic heterocycles. The summed E-state index contributed by atoms with van der Waals surface area (Å²) in [7, 11) is 0.979. The summed E-state index contributed by atoms with van der Waals surface area (Å²) in [6, 6.07) is 0. The molecule has 0 aromatic rings. The molecule has 1 atom stereocenters. The summed E-state index contributed by atoms with van der Waals surface area (Å²) in [4.78, 5) is 38.3. The van der Waals surface area contributed by atoms with E-state index in [1.54, 1.807) is 6.92 Å². The van der Waals surface area contributed by atoms with E-state index in [4.69, 9.17) is 9.05 Å². The summed E-state index contributed by atoms with van der Waals surface area (Å²) in [5.41, 5.74) is -2.00. The number of nitrogens with zero attached hydrogens (tertiary/aromatic N) is 1. The lowest BCUT2D eigenvalue weighted by molar-refractivity contribution is -0.874. The average Bonchev–Trinajstić information content (AvgIpc) is 3.06. The normalized spacial score (nSPS) is 14.7. The van der Waals surface area contributed by atoms with Gasteiger partial charge in [0.2, 0.25) is 5.60 Å². The SMILES string of the molecule is CCCCCCCCC=CCCCCCCCC(=O)C(C[N+](C)(C)C)(OP(=O)(O)OCC)C(=O)CCCCCCCC=CCCCCCCCC. The number of carbonyl (C=O) groups excluding carboxylic acids is 2. The zero-order valence-corrected chi connectivity index (χ0v) is 35.3. The van der Waals surface area contributed by atoms with E-state index in [1.807, 2.05) is 21.1 Å². The Bertz CT molecular complexity index is 905. The minimum Gasteiger partial charge on any atom is -0.328 e. The molecule has 0 saturated carbocycles. The Morgan fingerprint density at radius 3 is 1.18 bits per heavy atom. The quantitative estimate of drug-likeness (QED) is 0.0223. The summed E-state index contributed by atoms with van der Waals surface area (Å²) in [5, 5.41) is 0. The molecular formula is C43H83NO6P+. The smallest absolute Gasteiger partial charge is 0.328 e. The fourth-order valence-electron chi connectivity index (χ4n) is 6.63. The van der Waals surface area contributed by atoms with Gasteiger partial charge in [-0.3, -0.25) is 18.6 Å². The third-order valence-corrected chi connectivity index (χ3v) is 10.6. The lowest BCUT2D eigenvalue weighted by Gasteiger charge is -2.37. The number of ketones is 2. The molecule has 51 heavy (non-hydrogen) atoms. The number of phosphoric acid groups is 1. The van der Waals surface area contributed by atoms with E-state index in [0.717, 1.165) is 64.2 Å². The van der Waals surface area contributed by atoms with Crippen LogP contribution in [0.2, 0.25) is 0 Å².